The molecule has 0 aromatic heterocycles. The third-order valence-corrected chi connectivity index (χ3v) is 2.98. The first-order valence-corrected chi connectivity index (χ1v) is 7.29. The van der Waals surface area contributed by atoms with E-state index in [1.165, 1.54) is 0 Å². The second-order valence-electron chi connectivity index (χ2n) is 3.90. The number of hydrogen-bond donors (Lipinski definition) is 2. The van der Waals surface area contributed by atoms with Crippen LogP contribution in [-0.2, 0) is 0 Å². The normalized spacial score (nSPS) is 18.6. The number of benzene rings is 1. The van der Waals surface area contributed by atoms with Crippen LogP contribution >= 0.6 is 27.5 Å². The minimum atomic E-state index is -0.258. The minimum Gasteiger partial charge on any atom is -0.493 e. The van der Waals surface area contributed by atoms with E-state index in [1.807, 2.05) is 24.3 Å². The Kier molecular flexibility index (Phi) is 5.18. The van der Waals surface area contributed by atoms with Crippen molar-refractivity contribution in [3.8, 4) is 5.75 Å². The number of hydrogen-bond acceptors (Lipinski definition) is 5. The number of nitrogens with zero attached hydrogens (tertiary/aromatic N) is 2. The van der Waals surface area contributed by atoms with Gasteiger partial charge < -0.3 is 15.8 Å². The summed E-state index contributed by atoms with van der Waals surface area (Å²) in [6.07, 6.45) is 0. The number of rotatable bonds is 4. The van der Waals surface area contributed by atoms with Crippen molar-refractivity contribution in [1.29, 1.82) is 0 Å². The lowest BCUT2D eigenvalue weighted by molar-refractivity contribution is 0.345. The summed E-state index contributed by atoms with van der Waals surface area (Å²) in [5, 5.41) is 4.16. The highest BCUT2D eigenvalue weighted by Gasteiger charge is 2.16. The number of alkyl halides is 1. The summed E-state index contributed by atoms with van der Waals surface area (Å²) in [6.45, 7) is 1.08. The smallest absolute Gasteiger partial charge is 0.219 e. The fourth-order valence-corrected chi connectivity index (χ4v) is 1.86. The molecule has 7 heteroatoms. The largest absolute Gasteiger partial charge is 0.493 e. The lowest BCUT2D eigenvalue weighted by Crippen LogP contribution is -2.40. The predicted octanol–water partition coefficient (Wildman–Crippen LogP) is 2.21. The standard InChI is InChI=1S/C12H14BrClN4O/c13-5-6-19-9-3-1-8(2-4-9)17-11-10(15)7-16-12(14)18-11/h1-4,10H,5-7,15H2,(H,16,17,18). The Morgan fingerprint density at radius 2 is 2.16 bits per heavy atom. The second kappa shape index (κ2) is 6.88. The van der Waals surface area contributed by atoms with Gasteiger partial charge in [0.05, 0.1) is 19.2 Å². The van der Waals surface area contributed by atoms with Crippen molar-refractivity contribution in [3.63, 3.8) is 0 Å². The van der Waals surface area contributed by atoms with Crippen molar-refractivity contribution in [2.45, 2.75) is 6.04 Å². The number of aliphatic imine (C=N–C) groups is 2. The highest BCUT2D eigenvalue weighted by molar-refractivity contribution is 9.09. The molecular formula is C12H14BrClN4O. The van der Waals surface area contributed by atoms with Crippen LogP contribution in [-0.4, -0.2) is 35.7 Å². The highest BCUT2D eigenvalue weighted by atomic mass is 79.9. The van der Waals surface area contributed by atoms with Crippen molar-refractivity contribution in [1.82, 2.24) is 0 Å². The van der Waals surface area contributed by atoms with Crippen molar-refractivity contribution >= 4 is 44.3 Å². The second-order valence-corrected chi connectivity index (χ2v) is 5.03. The van der Waals surface area contributed by atoms with E-state index in [1.54, 1.807) is 0 Å². The lowest BCUT2D eigenvalue weighted by atomic mass is 10.2. The molecule has 1 unspecified atom stereocenters. The molecule has 1 aliphatic heterocycles. The van der Waals surface area contributed by atoms with Crippen molar-refractivity contribution in [2.24, 2.45) is 15.7 Å². The van der Waals surface area contributed by atoms with Gasteiger partial charge in [-0.15, -0.1) is 0 Å². The average Bonchev–Trinajstić information content (AvgIpc) is 2.42. The summed E-state index contributed by atoms with van der Waals surface area (Å²) in [7, 11) is 0. The molecule has 2 rings (SSSR count). The fourth-order valence-electron chi connectivity index (χ4n) is 1.54. The number of nitrogens with one attached hydrogen (secondary N) is 1. The maximum absolute atomic E-state index is 5.90. The van der Waals surface area contributed by atoms with Gasteiger partial charge >= 0.3 is 0 Å². The van der Waals surface area contributed by atoms with Gasteiger partial charge in [0, 0.05) is 11.0 Å². The van der Waals surface area contributed by atoms with Crippen LogP contribution in [0.2, 0.25) is 0 Å². The number of anilines is 1. The van der Waals surface area contributed by atoms with E-state index < -0.39 is 0 Å². The molecule has 0 saturated heterocycles. The Bertz CT molecular complexity index is 489. The molecule has 0 amide bonds. The van der Waals surface area contributed by atoms with E-state index in [2.05, 4.69) is 31.2 Å². The van der Waals surface area contributed by atoms with Crippen molar-refractivity contribution in [2.75, 3.05) is 23.8 Å². The molecule has 0 bridgehead atoms. The van der Waals surface area contributed by atoms with Crippen LogP contribution in [0.5, 0.6) is 5.75 Å². The summed E-state index contributed by atoms with van der Waals surface area (Å²) in [4.78, 5) is 8.04. The van der Waals surface area contributed by atoms with Gasteiger partial charge in [-0.2, -0.15) is 0 Å². The van der Waals surface area contributed by atoms with E-state index in [4.69, 9.17) is 22.1 Å². The van der Waals surface area contributed by atoms with Gasteiger partial charge in [-0.25, -0.2) is 4.99 Å². The quantitative estimate of drug-likeness (QED) is 0.649. The van der Waals surface area contributed by atoms with Crippen LogP contribution in [0.4, 0.5) is 5.69 Å². The Morgan fingerprint density at radius 3 is 2.84 bits per heavy atom. The molecule has 5 nitrogen and oxygen atoms in total. The summed E-state index contributed by atoms with van der Waals surface area (Å²) < 4.78 is 5.47. The molecule has 0 saturated carbocycles. The van der Waals surface area contributed by atoms with E-state index >= 15 is 0 Å². The maximum atomic E-state index is 5.90. The molecular weight excluding hydrogens is 332 g/mol. The summed E-state index contributed by atoms with van der Waals surface area (Å²) >= 11 is 9.08. The molecule has 1 heterocycles. The molecule has 1 atom stereocenters. The Balaban J connectivity index is 2.01. The number of nitrogens with two attached hydrogens (primary N) is 1. The monoisotopic (exact) mass is 344 g/mol. The Labute approximate surface area is 125 Å². The van der Waals surface area contributed by atoms with Gasteiger partial charge in [-0.1, -0.05) is 15.9 Å². The molecule has 1 aromatic rings. The molecule has 0 fully saturated rings. The minimum absolute atomic E-state index is 0.224. The molecule has 0 aliphatic carbocycles. The summed E-state index contributed by atoms with van der Waals surface area (Å²) in [5.41, 5.74) is 6.78. The third-order valence-electron chi connectivity index (χ3n) is 2.45. The summed E-state index contributed by atoms with van der Waals surface area (Å²) in [6, 6.07) is 7.31. The van der Waals surface area contributed by atoms with E-state index in [0.29, 0.717) is 19.0 Å². The van der Waals surface area contributed by atoms with E-state index in [-0.39, 0.29) is 11.3 Å². The molecule has 0 radical (unpaired) electrons. The molecule has 1 aliphatic rings. The molecule has 3 N–H and O–H groups in total. The zero-order valence-corrected chi connectivity index (χ0v) is 12.5. The zero-order chi connectivity index (χ0) is 13.7. The zero-order valence-electron chi connectivity index (χ0n) is 10.1. The van der Waals surface area contributed by atoms with E-state index in [0.717, 1.165) is 16.8 Å². The molecule has 0 spiro atoms. The van der Waals surface area contributed by atoms with Crippen LogP contribution in [0.3, 0.4) is 0 Å². The molecule has 19 heavy (non-hydrogen) atoms. The van der Waals surface area contributed by atoms with Crippen LogP contribution in [0, 0.1) is 0 Å². The van der Waals surface area contributed by atoms with Gasteiger partial charge in [0.15, 0.2) is 0 Å². The first-order valence-electron chi connectivity index (χ1n) is 5.79. The lowest BCUT2D eigenvalue weighted by Gasteiger charge is -2.18. The van der Waals surface area contributed by atoms with Gasteiger partial charge in [0.25, 0.3) is 0 Å². The average molecular weight is 346 g/mol. The number of ether oxygens (including phenoxy) is 1. The van der Waals surface area contributed by atoms with Gasteiger partial charge in [-0.05, 0) is 35.9 Å². The van der Waals surface area contributed by atoms with Crippen LogP contribution in [0.15, 0.2) is 34.3 Å². The van der Waals surface area contributed by atoms with Crippen LogP contribution < -0.4 is 15.8 Å². The summed E-state index contributed by atoms with van der Waals surface area (Å²) in [5.74, 6) is 1.44. The SMILES string of the molecule is NC1CN=C(Cl)N=C1Nc1ccc(OCCBr)cc1. The first kappa shape index (κ1) is 14.3. The number of halogens is 2. The van der Waals surface area contributed by atoms with Gasteiger partial charge in [0.1, 0.15) is 11.6 Å². The van der Waals surface area contributed by atoms with E-state index in [9.17, 15) is 0 Å². The van der Waals surface area contributed by atoms with Crippen LogP contribution in [0.1, 0.15) is 0 Å². The highest BCUT2D eigenvalue weighted by Crippen LogP contribution is 2.16. The Morgan fingerprint density at radius 1 is 1.42 bits per heavy atom. The molecule has 1 aromatic carbocycles. The molecule has 102 valence electrons. The van der Waals surface area contributed by atoms with Crippen molar-refractivity contribution in [3.05, 3.63) is 24.3 Å². The number of amidine groups is 2. The van der Waals surface area contributed by atoms with Gasteiger partial charge in [0.2, 0.25) is 5.29 Å². The predicted molar refractivity (Wildman–Crippen MR) is 82.9 cm³/mol. The third kappa shape index (κ3) is 4.19. The maximum Gasteiger partial charge on any atom is 0.219 e. The first-order chi connectivity index (χ1) is 9.19. The fraction of sp³-hybridized carbons (Fsp3) is 0.333. The Hall–Kier alpha value is -1.11. The van der Waals surface area contributed by atoms with Crippen molar-refractivity contribution < 1.29 is 4.74 Å². The van der Waals surface area contributed by atoms with Gasteiger partial charge in [-0.3, -0.25) is 4.99 Å². The van der Waals surface area contributed by atoms with Crippen LogP contribution in [0.25, 0.3) is 0 Å². The topological polar surface area (TPSA) is 72.0 Å².